The minimum atomic E-state index is -0.969. The van der Waals surface area contributed by atoms with E-state index in [1.54, 1.807) is 0 Å². The Labute approximate surface area is 70.5 Å². The number of ether oxygens (including phenoxy) is 2. The molecule has 0 amide bonds. The van der Waals surface area contributed by atoms with Crippen molar-refractivity contribution >= 4 is 0 Å². The van der Waals surface area contributed by atoms with Crippen LogP contribution in [0.4, 0.5) is 0 Å². The van der Waals surface area contributed by atoms with Gasteiger partial charge in [-0.05, 0) is 6.92 Å². The second-order valence-corrected chi connectivity index (χ2v) is 2.87. The van der Waals surface area contributed by atoms with E-state index >= 15 is 0 Å². The third kappa shape index (κ3) is 1.94. The van der Waals surface area contributed by atoms with Crippen molar-refractivity contribution in [1.82, 2.24) is 0 Å². The molecule has 72 valence electrons. The Balaban J connectivity index is 2.53. The lowest BCUT2D eigenvalue weighted by Gasteiger charge is -2.35. The van der Waals surface area contributed by atoms with Crippen LogP contribution in [0.3, 0.4) is 0 Å². The summed E-state index contributed by atoms with van der Waals surface area (Å²) in [4.78, 5) is 0. The Kier molecular flexibility index (Phi) is 3.42. The molecule has 0 aromatic carbocycles. The number of rotatable bonds is 2. The zero-order valence-corrected chi connectivity index (χ0v) is 6.88. The van der Waals surface area contributed by atoms with E-state index in [2.05, 4.69) is 0 Å². The molecule has 1 fully saturated rings. The SMILES string of the molecule is CC(O)C1OCOC(CO)C1O. The molecule has 1 aliphatic heterocycles. The average molecular weight is 178 g/mol. The maximum absolute atomic E-state index is 9.43. The van der Waals surface area contributed by atoms with E-state index in [1.165, 1.54) is 6.92 Å². The summed E-state index contributed by atoms with van der Waals surface area (Å²) in [5, 5.41) is 27.3. The summed E-state index contributed by atoms with van der Waals surface area (Å²) in [5.41, 5.74) is 0. The van der Waals surface area contributed by atoms with Gasteiger partial charge in [0.25, 0.3) is 0 Å². The molecule has 0 bridgehead atoms. The van der Waals surface area contributed by atoms with Gasteiger partial charge in [0.2, 0.25) is 0 Å². The van der Waals surface area contributed by atoms with Gasteiger partial charge >= 0.3 is 0 Å². The molecule has 1 rings (SSSR count). The van der Waals surface area contributed by atoms with E-state index < -0.39 is 24.4 Å². The van der Waals surface area contributed by atoms with Gasteiger partial charge in [-0.15, -0.1) is 0 Å². The second kappa shape index (κ2) is 4.15. The lowest BCUT2D eigenvalue weighted by atomic mass is 10.0. The summed E-state index contributed by atoms with van der Waals surface area (Å²) in [6.45, 7) is 1.25. The van der Waals surface area contributed by atoms with E-state index in [0.717, 1.165) is 0 Å². The molecule has 4 unspecified atom stereocenters. The first-order chi connectivity index (χ1) is 5.66. The van der Waals surface area contributed by atoms with Crippen LogP contribution in [0.1, 0.15) is 6.92 Å². The molecule has 4 atom stereocenters. The lowest BCUT2D eigenvalue weighted by molar-refractivity contribution is -0.255. The van der Waals surface area contributed by atoms with Crippen LogP contribution in [0, 0.1) is 0 Å². The van der Waals surface area contributed by atoms with Crippen molar-refractivity contribution in [2.75, 3.05) is 13.4 Å². The summed E-state index contributed by atoms with van der Waals surface area (Å²) >= 11 is 0. The van der Waals surface area contributed by atoms with Crippen molar-refractivity contribution in [2.24, 2.45) is 0 Å². The van der Waals surface area contributed by atoms with E-state index in [1.807, 2.05) is 0 Å². The van der Waals surface area contributed by atoms with Gasteiger partial charge in [-0.25, -0.2) is 0 Å². The highest BCUT2D eigenvalue weighted by Crippen LogP contribution is 2.16. The van der Waals surface area contributed by atoms with Gasteiger partial charge in [0, 0.05) is 0 Å². The normalized spacial score (nSPS) is 39.5. The third-order valence-electron chi connectivity index (χ3n) is 1.92. The summed E-state index contributed by atoms with van der Waals surface area (Å²) < 4.78 is 9.84. The van der Waals surface area contributed by atoms with Crippen LogP contribution >= 0.6 is 0 Å². The minimum absolute atomic E-state index is 0.00213. The Morgan fingerprint density at radius 2 is 2.17 bits per heavy atom. The summed E-state index contributed by atoms with van der Waals surface area (Å²) in [6, 6.07) is 0. The van der Waals surface area contributed by atoms with Gasteiger partial charge in [-0.1, -0.05) is 0 Å². The molecular formula is C7H14O5. The van der Waals surface area contributed by atoms with Crippen LogP contribution in [-0.2, 0) is 9.47 Å². The maximum Gasteiger partial charge on any atom is 0.147 e. The summed E-state index contributed by atoms with van der Waals surface area (Å²) in [6.07, 6.45) is -3.06. The topological polar surface area (TPSA) is 79.2 Å². The number of aliphatic hydroxyl groups is 3. The molecule has 0 aromatic heterocycles. The van der Waals surface area contributed by atoms with Crippen LogP contribution in [0.5, 0.6) is 0 Å². The van der Waals surface area contributed by atoms with Crippen LogP contribution in [0.2, 0.25) is 0 Å². The van der Waals surface area contributed by atoms with Gasteiger partial charge in [0.05, 0.1) is 12.7 Å². The molecular weight excluding hydrogens is 164 g/mol. The monoisotopic (exact) mass is 178 g/mol. The van der Waals surface area contributed by atoms with Crippen molar-refractivity contribution in [3.05, 3.63) is 0 Å². The van der Waals surface area contributed by atoms with Gasteiger partial charge in [0.1, 0.15) is 25.1 Å². The van der Waals surface area contributed by atoms with E-state index in [4.69, 9.17) is 19.7 Å². The predicted molar refractivity (Wildman–Crippen MR) is 39.4 cm³/mol. The van der Waals surface area contributed by atoms with Gasteiger partial charge in [0.15, 0.2) is 0 Å². The molecule has 1 saturated heterocycles. The van der Waals surface area contributed by atoms with E-state index in [-0.39, 0.29) is 13.4 Å². The molecule has 0 radical (unpaired) electrons. The first kappa shape index (κ1) is 9.88. The van der Waals surface area contributed by atoms with Gasteiger partial charge in [-0.3, -0.25) is 0 Å². The van der Waals surface area contributed by atoms with Crippen molar-refractivity contribution in [1.29, 1.82) is 0 Å². The fourth-order valence-electron chi connectivity index (χ4n) is 1.20. The van der Waals surface area contributed by atoms with E-state index in [9.17, 15) is 5.11 Å². The van der Waals surface area contributed by atoms with Crippen LogP contribution in [-0.4, -0.2) is 53.1 Å². The summed E-state index contributed by atoms with van der Waals surface area (Å²) in [5.74, 6) is 0. The largest absolute Gasteiger partial charge is 0.394 e. The van der Waals surface area contributed by atoms with Crippen molar-refractivity contribution in [3.63, 3.8) is 0 Å². The molecule has 3 N–H and O–H groups in total. The highest BCUT2D eigenvalue weighted by molar-refractivity contribution is 4.82. The van der Waals surface area contributed by atoms with Gasteiger partial charge < -0.3 is 24.8 Å². The molecule has 5 heteroatoms. The highest BCUT2D eigenvalue weighted by atomic mass is 16.7. The predicted octanol–water partition coefficient (Wildman–Crippen LogP) is -1.54. The third-order valence-corrected chi connectivity index (χ3v) is 1.92. The molecule has 0 aromatic rings. The number of aliphatic hydroxyl groups excluding tert-OH is 3. The summed E-state index contributed by atoms with van der Waals surface area (Å²) in [7, 11) is 0. The van der Waals surface area contributed by atoms with Crippen LogP contribution in [0.25, 0.3) is 0 Å². The molecule has 1 heterocycles. The Morgan fingerprint density at radius 1 is 1.50 bits per heavy atom. The Morgan fingerprint density at radius 3 is 2.67 bits per heavy atom. The Hall–Kier alpha value is -0.200. The first-order valence-corrected chi connectivity index (χ1v) is 3.87. The number of hydrogen-bond acceptors (Lipinski definition) is 5. The molecule has 12 heavy (non-hydrogen) atoms. The fraction of sp³-hybridized carbons (Fsp3) is 1.00. The molecule has 1 aliphatic rings. The van der Waals surface area contributed by atoms with Gasteiger partial charge in [-0.2, -0.15) is 0 Å². The smallest absolute Gasteiger partial charge is 0.147 e. The van der Waals surface area contributed by atoms with E-state index in [0.29, 0.717) is 0 Å². The second-order valence-electron chi connectivity index (χ2n) is 2.87. The quantitative estimate of drug-likeness (QED) is 0.477. The van der Waals surface area contributed by atoms with Crippen LogP contribution < -0.4 is 0 Å². The highest BCUT2D eigenvalue weighted by Gasteiger charge is 2.35. The standard InChI is InChI=1S/C7H14O5/c1-4(9)7-6(10)5(2-8)11-3-12-7/h4-10H,2-3H2,1H3. The minimum Gasteiger partial charge on any atom is -0.394 e. The zero-order chi connectivity index (χ0) is 9.14. The van der Waals surface area contributed by atoms with Crippen molar-refractivity contribution < 1.29 is 24.8 Å². The fourth-order valence-corrected chi connectivity index (χ4v) is 1.20. The number of hydrogen-bond donors (Lipinski definition) is 3. The van der Waals surface area contributed by atoms with Crippen molar-refractivity contribution in [2.45, 2.75) is 31.3 Å². The average Bonchev–Trinajstić information content (AvgIpc) is 2.04. The van der Waals surface area contributed by atoms with Crippen LogP contribution in [0.15, 0.2) is 0 Å². The maximum atomic E-state index is 9.43. The Bertz CT molecular complexity index is 138. The molecule has 0 aliphatic carbocycles. The zero-order valence-electron chi connectivity index (χ0n) is 6.88. The molecule has 5 nitrogen and oxygen atoms in total. The first-order valence-electron chi connectivity index (χ1n) is 3.87. The van der Waals surface area contributed by atoms with Crippen molar-refractivity contribution in [3.8, 4) is 0 Å². The lowest BCUT2D eigenvalue weighted by Crippen LogP contribution is -2.52. The molecule has 0 spiro atoms. The molecule has 0 saturated carbocycles.